The fourth-order valence-electron chi connectivity index (χ4n) is 7.30. The average molecular weight is 286 g/mol. The summed E-state index contributed by atoms with van der Waals surface area (Å²) in [7, 11) is 0. The first-order valence-electron chi connectivity index (χ1n) is 9.08. The topological polar surface area (TPSA) is 17.1 Å². The molecule has 0 saturated heterocycles. The number of hydrogen-bond donors (Lipinski definition) is 0. The lowest BCUT2D eigenvalue weighted by Crippen LogP contribution is -2.61. The van der Waals surface area contributed by atoms with Gasteiger partial charge in [-0.3, -0.25) is 0 Å². The Balaban J connectivity index is 1.79. The standard InChI is InChI=1S/C20H30O/c1-14-12-19-9-5-15(14)11-17(19)20(13-21)8-4-7-18(2,3)16(20)6-10-19/h13,15-17H,1,4-12H2,2-3H3/t15-,16+,17+,19+,20-/m0/s1. The molecule has 1 nitrogen and oxygen atoms in total. The van der Waals surface area contributed by atoms with E-state index >= 15 is 0 Å². The lowest BCUT2D eigenvalue weighted by molar-refractivity contribution is -0.176. The van der Waals surface area contributed by atoms with Gasteiger partial charge in [0, 0.05) is 5.41 Å². The quantitative estimate of drug-likeness (QED) is 0.481. The van der Waals surface area contributed by atoms with Crippen LogP contribution in [0.3, 0.4) is 0 Å². The van der Waals surface area contributed by atoms with E-state index < -0.39 is 0 Å². The molecule has 5 aliphatic carbocycles. The molecule has 0 aromatic carbocycles. The van der Waals surface area contributed by atoms with Gasteiger partial charge in [0.15, 0.2) is 0 Å². The highest BCUT2D eigenvalue weighted by Gasteiger charge is 2.64. The Kier molecular flexibility index (Phi) is 2.83. The van der Waals surface area contributed by atoms with E-state index in [-0.39, 0.29) is 5.41 Å². The van der Waals surface area contributed by atoms with Crippen molar-refractivity contribution in [3.8, 4) is 0 Å². The van der Waals surface area contributed by atoms with Gasteiger partial charge in [-0.15, -0.1) is 0 Å². The number of fused-ring (bicyclic) bond motifs is 3. The van der Waals surface area contributed by atoms with Crippen molar-refractivity contribution in [2.75, 3.05) is 0 Å². The fraction of sp³-hybridized carbons (Fsp3) is 0.850. The molecule has 0 aliphatic heterocycles. The van der Waals surface area contributed by atoms with E-state index in [1.165, 1.54) is 63.2 Å². The molecule has 5 atom stereocenters. The van der Waals surface area contributed by atoms with Crippen LogP contribution in [0.15, 0.2) is 12.2 Å². The van der Waals surface area contributed by atoms with Crippen molar-refractivity contribution in [3.63, 3.8) is 0 Å². The highest BCUT2D eigenvalue weighted by molar-refractivity contribution is 5.62. The van der Waals surface area contributed by atoms with Gasteiger partial charge in [-0.05, 0) is 80.0 Å². The predicted molar refractivity (Wildman–Crippen MR) is 85.9 cm³/mol. The molecule has 0 aromatic rings. The molecule has 0 heterocycles. The largest absolute Gasteiger partial charge is 0.303 e. The minimum atomic E-state index is -0.000625. The van der Waals surface area contributed by atoms with Crippen molar-refractivity contribution in [1.29, 1.82) is 0 Å². The highest BCUT2D eigenvalue weighted by atomic mass is 16.1. The summed E-state index contributed by atoms with van der Waals surface area (Å²) in [6.07, 6.45) is 13.0. The first-order chi connectivity index (χ1) is 9.94. The molecule has 5 saturated carbocycles. The molecule has 2 bridgehead atoms. The van der Waals surface area contributed by atoms with Crippen LogP contribution >= 0.6 is 0 Å². The van der Waals surface area contributed by atoms with Gasteiger partial charge < -0.3 is 4.79 Å². The van der Waals surface area contributed by atoms with Gasteiger partial charge in [-0.25, -0.2) is 0 Å². The molecule has 0 unspecified atom stereocenters. The zero-order chi connectivity index (χ0) is 14.9. The first-order valence-corrected chi connectivity index (χ1v) is 9.08. The summed E-state index contributed by atoms with van der Waals surface area (Å²) >= 11 is 0. The highest BCUT2D eigenvalue weighted by Crippen LogP contribution is 2.71. The SMILES string of the molecule is C=C1C[C@]23CC[C@H]1C[C@H]2[C@]1(C=O)CCCC(C)(C)[C@H]1CC3. The van der Waals surface area contributed by atoms with Gasteiger partial charge >= 0.3 is 0 Å². The van der Waals surface area contributed by atoms with E-state index in [0.717, 1.165) is 12.3 Å². The predicted octanol–water partition coefficient (Wildman–Crippen LogP) is 5.15. The van der Waals surface area contributed by atoms with Crippen molar-refractivity contribution >= 4 is 6.29 Å². The van der Waals surface area contributed by atoms with Crippen molar-refractivity contribution in [1.82, 2.24) is 0 Å². The van der Waals surface area contributed by atoms with Crippen molar-refractivity contribution in [2.45, 2.75) is 71.6 Å². The molecular weight excluding hydrogens is 256 g/mol. The van der Waals surface area contributed by atoms with Crippen LogP contribution in [0.25, 0.3) is 0 Å². The number of rotatable bonds is 1. The summed E-state index contributed by atoms with van der Waals surface area (Å²) in [5.74, 6) is 2.00. The number of allylic oxidation sites excluding steroid dienone is 1. The molecule has 0 amide bonds. The van der Waals surface area contributed by atoms with Crippen molar-refractivity contribution in [2.24, 2.45) is 34.0 Å². The Morgan fingerprint density at radius 2 is 1.86 bits per heavy atom. The van der Waals surface area contributed by atoms with Crippen LogP contribution in [0.1, 0.15) is 71.6 Å². The van der Waals surface area contributed by atoms with Crippen LogP contribution in [0.4, 0.5) is 0 Å². The van der Waals surface area contributed by atoms with E-state index in [2.05, 4.69) is 20.4 Å². The Morgan fingerprint density at radius 1 is 1.10 bits per heavy atom. The first kappa shape index (κ1) is 14.0. The van der Waals surface area contributed by atoms with E-state index in [9.17, 15) is 4.79 Å². The maximum Gasteiger partial charge on any atom is 0.126 e. The molecule has 5 rings (SSSR count). The second kappa shape index (κ2) is 4.24. The van der Waals surface area contributed by atoms with Gasteiger partial charge in [-0.2, -0.15) is 0 Å². The van der Waals surface area contributed by atoms with Gasteiger partial charge in [0.05, 0.1) is 0 Å². The minimum absolute atomic E-state index is 0.000625. The van der Waals surface area contributed by atoms with Crippen LogP contribution < -0.4 is 0 Å². The van der Waals surface area contributed by atoms with E-state index in [4.69, 9.17) is 0 Å². The Labute approximate surface area is 129 Å². The van der Waals surface area contributed by atoms with Gasteiger partial charge in [0.1, 0.15) is 6.29 Å². The molecule has 5 fully saturated rings. The van der Waals surface area contributed by atoms with Gasteiger partial charge in [0.25, 0.3) is 0 Å². The molecule has 116 valence electrons. The number of aldehydes is 1. The summed E-state index contributed by atoms with van der Waals surface area (Å²) in [6, 6.07) is 0. The molecule has 0 aromatic heterocycles. The summed E-state index contributed by atoms with van der Waals surface area (Å²) in [5, 5.41) is 0. The second-order valence-corrected chi connectivity index (χ2v) is 9.38. The van der Waals surface area contributed by atoms with Crippen LogP contribution in [0.5, 0.6) is 0 Å². The third-order valence-corrected chi connectivity index (χ3v) is 8.23. The lowest BCUT2D eigenvalue weighted by atomic mass is 9.37. The van der Waals surface area contributed by atoms with Crippen LogP contribution in [-0.4, -0.2) is 6.29 Å². The molecular formula is C20H30O. The number of carbonyl (C=O) groups is 1. The Morgan fingerprint density at radius 3 is 2.57 bits per heavy atom. The average Bonchev–Trinajstić information content (AvgIpc) is 2.45. The fourth-order valence-corrected chi connectivity index (χ4v) is 7.30. The smallest absolute Gasteiger partial charge is 0.126 e. The van der Waals surface area contributed by atoms with Crippen molar-refractivity contribution < 1.29 is 4.79 Å². The zero-order valence-corrected chi connectivity index (χ0v) is 13.8. The lowest BCUT2D eigenvalue weighted by Gasteiger charge is -2.67. The summed E-state index contributed by atoms with van der Waals surface area (Å²) < 4.78 is 0. The third-order valence-electron chi connectivity index (χ3n) is 8.23. The summed E-state index contributed by atoms with van der Waals surface area (Å²) in [6.45, 7) is 9.22. The monoisotopic (exact) mass is 286 g/mol. The van der Waals surface area contributed by atoms with Gasteiger partial charge in [0.2, 0.25) is 0 Å². The van der Waals surface area contributed by atoms with Crippen LogP contribution in [-0.2, 0) is 4.79 Å². The van der Waals surface area contributed by atoms with Gasteiger partial charge in [-0.1, -0.05) is 32.4 Å². The maximum atomic E-state index is 12.4. The van der Waals surface area contributed by atoms with E-state index in [1.54, 1.807) is 0 Å². The Hall–Kier alpha value is -0.590. The zero-order valence-electron chi connectivity index (χ0n) is 13.8. The second-order valence-electron chi connectivity index (χ2n) is 9.38. The molecule has 5 aliphatic rings. The third kappa shape index (κ3) is 1.67. The summed E-state index contributed by atoms with van der Waals surface area (Å²) in [4.78, 5) is 12.4. The molecule has 21 heavy (non-hydrogen) atoms. The normalized spacial score (nSPS) is 51.1. The summed E-state index contributed by atoms with van der Waals surface area (Å²) in [5.41, 5.74) is 2.30. The van der Waals surface area contributed by atoms with E-state index in [0.29, 0.717) is 22.7 Å². The molecule has 1 spiro atoms. The van der Waals surface area contributed by atoms with Crippen molar-refractivity contribution in [3.05, 3.63) is 12.2 Å². The number of hydrogen-bond acceptors (Lipinski definition) is 1. The molecule has 0 radical (unpaired) electrons. The van der Waals surface area contributed by atoms with Crippen LogP contribution in [0, 0.1) is 34.0 Å². The number of carbonyl (C=O) groups excluding carboxylic acids is 1. The molecule has 1 heteroatoms. The van der Waals surface area contributed by atoms with Crippen LogP contribution in [0.2, 0.25) is 0 Å². The minimum Gasteiger partial charge on any atom is -0.303 e. The van der Waals surface area contributed by atoms with E-state index in [1.807, 2.05) is 0 Å². The maximum absolute atomic E-state index is 12.4. The Bertz CT molecular complexity index is 490. The molecule has 0 N–H and O–H groups in total.